The SMILES string of the molecule is CCCc1ccc(C2=N/C(=C\c3cccs3)C(=O)O2)cc1. The van der Waals surface area contributed by atoms with Crippen LogP contribution in [0.5, 0.6) is 0 Å². The first-order valence-corrected chi connectivity index (χ1v) is 7.79. The lowest BCUT2D eigenvalue weighted by molar-refractivity contribution is -0.129. The highest BCUT2D eigenvalue weighted by atomic mass is 32.1. The van der Waals surface area contributed by atoms with Crippen molar-refractivity contribution in [1.82, 2.24) is 0 Å². The minimum absolute atomic E-state index is 0.352. The molecule has 4 heteroatoms. The van der Waals surface area contributed by atoms with Crippen molar-refractivity contribution in [2.45, 2.75) is 19.8 Å². The van der Waals surface area contributed by atoms with Crippen LogP contribution in [0.2, 0.25) is 0 Å². The third-order valence-corrected chi connectivity index (χ3v) is 4.00. The molecule has 1 aromatic heterocycles. The van der Waals surface area contributed by atoms with Crippen molar-refractivity contribution in [3.63, 3.8) is 0 Å². The molecule has 1 aliphatic rings. The number of aryl methyl sites for hydroxylation is 1. The van der Waals surface area contributed by atoms with E-state index in [2.05, 4.69) is 24.0 Å². The van der Waals surface area contributed by atoms with Crippen LogP contribution in [0.25, 0.3) is 6.08 Å². The summed E-state index contributed by atoms with van der Waals surface area (Å²) in [5.41, 5.74) is 2.46. The summed E-state index contributed by atoms with van der Waals surface area (Å²) in [4.78, 5) is 17.1. The van der Waals surface area contributed by atoms with Crippen LogP contribution in [-0.2, 0) is 16.0 Å². The molecule has 0 radical (unpaired) electrons. The van der Waals surface area contributed by atoms with Crippen LogP contribution >= 0.6 is 11.3 Å². The van der Waals surface area contributed by atoms with E-state index in [-0.39, 0.29) is 0 Å². The van der Waals surface area contributed by atoms with Gasteiger partial charge in [0, 0.05) is 10.4 Å². The zero-order chi connectivity index (χ0) is 14.7. The van der Waals surface area contributed by atoms with Crippen LogP contribution < -0.4 is 0 Å². The molecule has 2 aromatic rings. The number of hydrogen-bond acceptors (Lipinski definition) is 4. The molecule has 2 heterocycles. The monoisotopic (exact) mass is 297 g/mol. The summed E-state index contributed by atoms with van der Waals surface area (Å²) in [6, 6.07) is 11.9. The maximum atomic E-state index is 11.9. The van der Waals surface area contributed by atoms with E-state index >= 15 is 0 Å². The Bertz CT molecular complexity index is 697. The molecule has 0 N–H and O–H groups in total. The number of thiophene rings is 1. The average Bonchev–Trinajstić information content (AvgIpc) is 3.11. The van der Waals surface area contributed by atoms with Gasteiger partial charge in [-0.05, 0) is 41.6 Å². The van der Waals surface area contributed by atoms with Crippen molar-refractivity contribution in [2.24, 2.45) is 4.99 Å². The maximum absolute atomic E-state index is 11.9. The molecule has 0 spiro atoms. The highest BCUT2D eigenvalue weighted by Crippen LogP contribution is 2.21. The average molecular weight is 297 g/mol. The number of benzene rings is 1. The number of nitrogens with zero attached hydrogens (tertiary/aromatic N) is 1. The first-order valence-electron chi connectivity index (χ1n) is 6.91. The molecule has 3 rings (SSSR count). The number of carbonyl (C=O) groups is 1. The number of aliphatic imine (C=N–C) groups is 1. The first-order chi connectivity index (χ1) is 10.3. The fourth-order valence-electron chi connectivity index (χ4n) is 2.14. The Balaban J connectivity index is 1.84. The molecular formula is C17H15NO2S. The van der Waals surface area contributed by atoms with Gasteiger partial charge in [-0.2, -0.15) is 0 Å². The largest absolute Gasteiger partial charge is 0.402 e. The maximum Gasteiger partial charge on any atom is 0.363 e. The third-order valence-electron chi connectivity index (χ3n) is 3.18. The van der Waals surface area contributed by atoms with E-state index < -0.39 is 5.97 Å². The van der Waals surface area contributed by atoms with Crippen LogP contribution in [0.15, 0.2) is 52.5 Å². The number of carbonyl (C=O) groups excluding carboxylic acids is 1. The molecule has 0 saturated carbocycles. The molecule has 0 aliphatic carbocycles. The lowest BCUT2D eigenvalue weighted by atomic mass is 10.1. The molecule has 106 valence electrons. The van der Waals surface area contributed by atoms with Gasteiger partial charge in [0.15, 0.2) is 5.70 Å². The fourth-order valence-corrected chi connectivity index (χ4v) is 2.79. The van der Waals surface area contributed by atoms with Crippen molar-refractivity contribution < 1.29 is 9.53 Å². The number of hydrogen-bond donors (Lipinski definition) is 0. The summed E-state index contributed by atoms with van der Waals surface area (Å²) >= 11 is 1.56. The predicted molar refractivity (Wildman–Crippen MR) is 85.4 cm³/mol. The highest BCUT2D eigenvalue weighted by molar-refractivity contribution is 7.10. The van der Waals surface area contributed by atoms with Gasteiger partial charge in [0.05, 0.1) is 0 Å². The quantitative estimate of drug-likeness (QED) is 0.631. The van der Waals surface area contributed by atoms with Crippen LogP contribution in [0.4, 0.5) is 0 Å². The zero-order valence-corrected chi connectivity index (χ0v) is 12.5. The summed E-state index contributed by atoms with van der Waals surface area (Å²) in [7, 11) is 0. The van der Waals surface area contributed by atoms with Gasteiger partial charge in [-0.15, -0.1) is 11.3 Å². The Kier molecular flexibility index (Phi) is 3.97. The van der Waals surface area contributed by atoms with Gasteiger partial charge in [-0.3, -0.25) is 0 Å². The molecule has 0 bridgehead atoms. The summed E-state index contributed by atoms with van der Waals surface area (Å²) in [6.45, 7) is 2.15. The zero-order valence-electron chi connectivity index (χ0n) is 11.7. The summed E-state index contributed by atoms with van der Waals surface area (Å²) < 4.78 is 5.26. The number of rotatable bonds is 4. The standard InChI is InChI=1S/C17H15NO2S/c1-2-4-12-6-8-13(9-7-12)16-18-15(17(19)20-16)11-14-5-3-10-21-14/h3,5-11H,2,4H2,1H3/b15-11-. The van der Waals surface area contributed by atoms with E-state index in [1.807, 2.05) is 29.6 Å². The molecule has 1 aliphatic heterocycles. The van der Waals surface area contributed by atoms with E-state index in [1.54, 1.807) is 17.4 Å². The summed E-state index contributed by atoms with van der Waals surface area (Å²) in [5, 5.41) is 1.96. The minimum atomic E-state index is -0.393. The van der Waals surface area contributed by atoms with Gasteiger partial charge in [0.1, 0.15) is 0 Å². The Labute approximate surface area is 127 Å². The van der Waals surface area contributed by atoms with E-state index in [0.717, 1.165) is 23.3 Å². The fraction of sp³-hybridized carbons (Fsp3) is 0.176. The van der Waals surface area contributed by atoms with E-state index in [4.69, 9.17) is 4.74 Å². The second-order valence-electron chi connectivity index (χ2n) is 4.80. The molecule has 21 heavy (non-hydrogen) atoms. The topological polar surface area (TPSA) is 38.7 Å². The third kappa shape index (κ3) is 3.11. The molecule has 0 saturated heterocycles. The Morgan fingerprint density at radius 2 is 2.05 bits per heavy atom. The smallest absolute Gasteiger partial charge is 0.363 e. The molecule has 1 aromatic carbocycles. The molecule has 0 atom stereocenters. The molecule has 0 fully saturated rings. The molecular weight excluding hydrogens is 282 g/mol. The summed E-state index contributed by atoms with van der Waals surface area (Å²) in [6.07, 6.45) is 3.92. The van der Waals surface area contributed by atoms with Crippen molar-refractivity contribution in [2.75, 3.05) is 0 Å². The van der Waals surface area contributed by atoms with Gasteiger partial charge < -0.3 is 4.74 Å². The van der Waals surface area contributed by atoms with Crippen LogP contribution in [0.3, 0.4) is 0 Å². The molecule has 0 amide bonds. The van der Waals surface area contributed by atoms with Crippen LogP contribution in [-0.4, -0.2) is 11.9 Å². The second-order valence-corrected chi connectivity index (χ2v) is 5.78. The number of esters is 1. The van der Waals surface area contributed by atoms with Gasteiger partial charge >= 0.3 is 5.97 Å². The van der Waals surface area contributed by atoms with Gasteiger partial charge in [-0.25, -0.2) is 9.79 Å². The van der Waals surface area contributed by atoms with Crippen LogP contribution in [0.1, 0.15) is 29.3 Å². The van der Waals surface area contributed by atoms with E-state index in [9.17, 15) is 4.79 Å². The molecule has 3 nitrogen and oxygen atoms in total. The summed E-state index contributed by atoms with van der Waals surface area (Å²) in [5.74, 6) is -0.0121. The lowest BCUT2D eigenvalue weighted by Crippen LogP contribution is -2.05. The van der Waals surface area contributed by atoms with Crippen LogP contribution in [0, 0.1) is 0 Å². The Morgan fingerprint density at radius 1 is 1.24 bits per heavy atom. The second kappa shape index (κ2) is 6.06. The van der Waals surface area contributed by atoms with Gasteiger partial charge in [0.25, 0.3) is 0 Å². The molecule has 0 unspecified atom stereocenters. The van der Waals surface area contributed by atoms with E-state index in [1.165, 1.54) is 5.56 Å². The van der Waals surface area contributed by atoms with Crippen molar-refractivity contribution in [3.05, 3.63) is 63.5 Å². The van der Waals surface area contributed by atoms with E-state index in [0.29, 0.717) is 11.6 Å². The predicted octanol–water partition coefficient (Wildman–Crippen LogP) is 4.05. The minimum Gasteiger partial charge on any atom is -0.402 e. The van der Waals surface area contributed by atoms with Gasteiger partial charge in [0.2, 0.25) is 5.90 Å². The number of ether oxygens (including phenoxy) is 1. The number of cyclic esters (lactones) is 1. The lowest BCUT2D eigenvalue weighted by Gasteiger charge is -2.01. The first kappa shape index (κ1) is 13.8. The van der Waals surface area contributed by atoms with Gasteiger partial charge in [-0.1, -0.05) is 31.5 Å². The normalized spacial score (nSPS) is 16.1. The Morgan fingerprint density at radius 3 is 2.71 bits per heavy atom. The van der Waals surface area contributed by atoms with Crippen molar-refractivity contribution in [1.29, 1.82) is 0 Å². The van der Waals surface area contributed by atoms with Crippen molar-refractivity contribution >= 4 is 29.3 Å². The Hall–Kier alpha value is -2.20. The van der Waals surface area contributed by atoms with Crippen molar-refractivity contribution in [3.8, 4) is 0 Å². The highest BCUT2D eigenvalue weighted by Gasteiger charge is 2.24.